The van der Waals surface area contributed by atoms with Crippen molar-refractivity contribution in [2.45, 2.75) is 12.2 Å². The predicted molar refractivity (Wildman–Crippen MR) is 46.2 cm³/mol. The normalized spacial score (nSPS) is 14.0. The van der Waals surface area contributed by atoms with Gasteiger partial charge in [-0.15, -0.1) is 0 Å². The highest BCUT2D eigenvalue weighted by molar-refractivity contribution is 5.77. The summed E-state index contributed by atoms with van der Waals surface area (Å²) < 4.78 is 13.0. The fraction of sp³-hybridized carbons (Fsp3) is 0.222. The molecule has 1 heterocycles. The first-order valence-electron chi connectivity index (χ1n) is 3.97. The zero-order chi connectivity index (χ0) is 11.4. The first-order chi connectivity index (χ1) is 7.11. The van der Waals surface area contributed by atoms with Gasteiger partial charge in [0.15, 0.2) is 12.4 Å². The van der Waals surface area contributed by atoms with Crippen LogP contribution in [0.1, 0.15) is 22.0 Å². The highest BCUT2D eigenvalue weighted by Crippen LogP contribution is 2.20. The number of aliphatic hydroxyl groups is 2. The van der Waals surface area contributed by atoms with Crippen LogP contribution in [0.5, 0.6) is 0 Å². The van der Waals surface area contributed by atoms with E-state index in [2.05, 4.69) is 4.98 Å². The number of nitrogens with zero attached hydrogens (tertiary/aromatic N) is 2. The van der Waals surface area contributed by atoms with Gasteiger partial charge in [0.25, 0.3) is 0 Å². The molecule has 0 aliphatic carbocycles. The molecule has 0 saturated heterocycles. The quantitative estimate of drug-likeness (QED) is 0.414. The number of aliphatic hydroxyl groups excluding tert-OH is 2. The SMILES string of the molecule is N#CC(O)C(O)c1ccnc(F)c1C=O. The van der Waals surface area contributed by atoms with Crippen LogP contribution in [-0.4, -0.2) is 27.6 Å². The summed E-state index contributed by atoms with van der Waals surface area (Å²) in [5.74, 6) is -1.05. The Morgan fingerprint density at radius 1 is 1.60 bits per heavy atom. The van der Waals surface area contributed by atoms with Gasteiger partial charge in [0, 0.05) is 11.8 Å². The van der Waals surface area contributed by atoms with Crippen LogP contribution in [0.4, 0.5) is 4.39 Å². The molecule has 0 bridgehead atoms. The number of hydrogen-bond donors (Lipinski definition) is 2. The summed E-state index contributed by atoms with van der Waals surface area (Å²) in [6.07, 6.45) is -2.14. The van der Waals surface area contributed by atoms with Crippen LogP contribution in [0.15, 0.2) is 12.3 Å². The van der Waals surface area contributed by atoms with Crippen molar-refractivity contribution in [3.05, 3.63) is 29.3 Å². The number of halogens is 1. The molecular formula is C9H7FN2O3. The third-order valence-electron chi connectivity index (χ3n) is 1.84. The molecule has 1 aromatic rings. The zero-order valence-corrected chi connectivity index (χ0v) is 7.46. The molecule has 0 aliphatic heterocycles. The lowest BCUT2D eigenvalue weighted by molar-refractivity contribution is 0.0518. The summed E-state index contributed by atoms with van der Waals surface area (Å²) in [6, 6.07) is 2.55. The highest BCUT2D eigenvalue weighted by Gasteiger charge is 2.22. The first kappa shape index (κ1) is 11.2. The lowest BCUT2D eigenvalue weighted by Gasteiger charge is -2.13. The molecule has 0 aromatic carbocycles. The Kier molecular flexibility index (Phi) is 3.44. The first-order valence-corrected chi connectivity index (χ1v) is 3.97. The Labute approximate surface area is 84.4 Å². The minimum absolute atomic E-state index is 0.161. The van der Waals surface area contributed by atoms with Crippen molar-refractivity contribution in [2.24, 2.45) is 0 Å². The topological polar surface area (TPSA) is 94.2 Å². The molecule has 15 heavy (non-hydrogen) atoms. The predicted octanol–water partition coefficient (Wildman–Crippen LogP) is -0.0489. The molecular weight excluding hydrogens is 203 g/mol. The van der Waals surface area contributed by atoms with Crippen LogP contribution in [0.25, 0.3) is 0 Å². The van der Waals surface area contributed by atoms with Crippen molar-refractivity contribution in [1.82, 2.24) is 4.98 Å². The van der Waals surface area contributed by atoms with E-state index in [1.807, 2.05) is 0 Å². The van der Waals surface area contributed by atoms with E-state index in [9.17, 15) is 14.3 Å². The zero-order valence-electron chi connectivity index (χ0n) is 7.46. The largest absolute Gasteiger partial charge is 0.385 e. The fourth-order valence-electron chi connectivity index (χ4n) is 1.08. The minimum atomic E-state index is -1.72. The van der Waals surface area contributed by atoms with Gasteiger partial charge in [0.2, 0.25) is 5.95 Å². The molecule has 0 amide bonds. The standard InChI is InChI=1S/C9H7FN2O3/c10-9-6(4-13)5(1-2-12-9)8(15)7(14)3-11/h1-2,4,7-8,14-15H. The number of pyridine rings is 1. The van der Waals surface area contributed by atoms with Crippen LogP contribution < -0.4 is 0 Å². The fourth-order valence-corrected chi connectivity index (χ4v) is 1.08. The van der Waals surface area contributed by atoms with Crippen molar-refractivity contribution in [3.8, 4) is 6.07 Å². The Morgan fingerprint density at radius 2 is 2.27 bits per heavy atom. The Hall–Kier alpha value is -1.84. The minimum Gasteiger partial charge on any atom is -0.385 e. The maximum absolute atomic E-state index is 13.0. The number of hydrogen-bond acceptors (Lipinski definition) is 5. The maximum atomic E-state index is 13.0. The molecule has 1 aromatic heterocycles. The van der Waals surface area contributed by atoms with Crippen LogP contribution in [0, 0.1) is 17.3 Å². The molecule has 0 aliphatic rings. The molecule has 0 fully saturated rings. The lowest BCUT2D eigenvalue weighted by atomic mass is 10.0. The van der Waals surface area contributed by atoms with E-state index >= 15 is 0 Å². The summed E-state index contributed by atoms with van der Waals surface area (Å²) in [4.78, 5) is 13.7. The van der Waals surface area contributed by atoms with Crippen molar-refractivity contribution >= 4 is 6.29 Å². The van der Waals surface area contributed by atoms with Crippen LogP contribution in [0.3, 0.4) is 0 Å². The molecule has 0 radical (unpaired) electrons. The van der Waals surface area contributed by atoms with Gasteiger partial charge in [-0.2, -0.15) is 9.65 Å². The third kappa shape index (κ3) is 2.15. The van der Waals surface area contributed by atoms with E-state index in [0.29, 0.717) is 0 Å². The molecule has 1 rings (SSSR count). The van der Waals surface area contributed by atoms with Crippen LogP contribution in [-0.2, 0) is 0 Å². The second kappa shape index (κ2) is 4.59. The van der Waals surface area contributed by atoms with Gasteiger partial charge in [-0.1, -0.05) is 0 Å². The third-order valence-corrected chi connectivity index (χ3v) is 1.84. The molecule has 0 saturated carbocycles. The van der Waals surface area contributed by atoms with Crippen molar-refractivity contribution in [2.75, 3.05) is 0 Å². The Morgan fingerprint density at radius 3 is 2.80 bits per heavy atom. The van der Waals surface area contributed by atoms with Gasteiger partial charge in [0.1, 0.15) is 6.10 Å². The number of rotatable bonds is 3. The number of nitriles is 1. The molecule has 5 nitrogen and oxygen atoms in total. The second-order valence-electron chi connectivity index (χ2n) is 2.74. The number of aromatic nitrogens is 1. The monoisotopic (exact) mass is 210 g/mol. The summed E-state index contributed by atoms with van der Waals surface area (Å²) in [7, 11) is 0. The molecule has 78 valence electrons. The molecule has 0 spiro atoms. The Balaban J connectivity index is 3.20. The van der Waals surface area contributed by atoms with Crippen LogP contribution in [0.2, 0.25) is 0 Å². The molecule has 2 atom stereocenters. The van der Waals surface area contributed by atoms with E-state index in [-0.39, 0.29) is 11.8 Å². The number of carbonyl (C=O) groups is 1. The summed E-state index contributed by atoms with van der Waals surface area (Å²) in [6.45, 7) is 0. The highest BCUT2D eigenvalue weighted by atomic mass is 19.1. The van der Waals surface area contributed by atoms with Gasteiger partial charge in [-0.3, -0.25) is 4.79 Å². The molecule has 2 N–H and O–H groups in total. The van der Waals surface area contributed by atoms with Gasteiger partial charge in [0.05, 0.1) is 11.6 Å². The van der Waals surface area contributed by atoms with Gasteiger partial charge in [-0.05, 0) is 6.07 Å². The summed E-state index contributed by atoms with van der Waals surface area (Å²) in [5, 5.41) is 26.8. The smallest absolute Gasteiger partial charge is 0.223 e. The van der Waals surface area contributed by atoms with Gasteiger partial charge >= 0.3 is 0 Å². The van der Waals surface area contributed by atoms with E-state index in [0.717, 1.165) is 12.3 Å². The van der Waals surface area contributed by atoms with Crippen LogP contribution >= 0.6 is 0 Å². The van der Waals surface area contributed by atoms with Crippen molar-refractivity contribution in [3.63, 3.8) is 0 Å². The van der Waals surface area contributed by atoms with Gasteiger partial charge < -0.3 is 10.2 Å². The van der Waals surface area contributed by atoms with E-state index in [4.69, 9.17) is 10.4 Å². The summed E-state index contributed by atoms with van der Waals surface area (Å²) >= 11 is 0. The average Bonchev–Trinajstić information content (AvgIpc) is 2.26. The lowest BCUT2D eigenvalue weighted by Crippen LogP contribution is -2.18. The summed E-state index contributed by atoms with van der Waals surface area (Å²) in [5.41, 5.74) is -0.620. The molecule has 6 heteroatoms. The Bertz CT molecular complexity index is 416. The average molecular weight is 210 g/mol. The molecule has 2 unspecified atom stereocenters. The van der Waals surface area contributed by atoms with Crippen molar-refractivity contribution < 1.29 is 19.4 Å². The van der Waals surface area contributed by atoms with E-state index in [1.54, 1.807) is 0 Å². The van der Waals surface area contributed by atoms with E-state index in [1.165, 1.54) is 6.07 Å². The second-order valence-corrected chi connectivity index (χ2v) is 2.74. The van der Waals surface area contributed by atoms with Gasteiger partial charge in [-0.25, -0.2) is 4.98 Å². The number of carbonyl (C=O) groups excluding carboxylic acids is 1. The van der Waals surface area contributed by atoms with Crippen molar-refractivity contribution in [1.29, 1.82) is 5.26 Å². The number of aldehydes is 1. The van der Waals surface area contributed by atoms with E-state index < -0.39 is 23.7 Å². The maximum Gasteiger partial charge on any atom is 0.223 e.